The van der Waals surface area contributed by atoms with Gasteiger partial charge in [0.2, 0.25) is 0 Å². The number of nitrogens with one attached hydrogen (secondary N) is 1. The summed E-state index contributed by atoms with van der Waals surface area (Å²) in [5, 5.41) is 0.689. The maximum Gasteiger partial charge on any atom is 0.104 e. The molecule has 1 saturated carbocycles. The zero-order valence-corrected chi connectivity index (χ0v) is 16.5. The Balaban J connectivity index is 1.81. The van der Waals surface area contributed by atoms with Gasteiger partial charge in [0.05, 0.1) is 0 Å². The predicted molar refractivity (Wildman–Crippen MR) is 117 cm³/mol. The summed E-state index contributed by atoms with van der Waals surface area (Å²) in [6.07, 6.45) is 6.72. The van der Waals surface area contributed by atoms with Crippen LogP contribution in [0.15, 0.2) is 91.0 Å². The number of hydrogen-bond donors (Lipinski definition) is 1. The fraction of sp³-hybridized carbons (Fsp3) is 0.280. The molecule has 0 aromatic heterocycles. The summed E-state index contributed by atoms with van der Waals surface area (Å²) < 4.78 is 3.97. The Morgan fingerprint density at radius 1 is 0.593 bits per heavy atom. The van der Waals surface area contributed by atoms with Crippen LogP contribution in [0.5, 0.6) is 0 Å². The van der Waals surface area contributed by atoms with Crippen molar-refractivity contribution in [3.63, 3.8) is 0 Å². The third kappa shape index (κ3) is 3.97. The molecule has 0 amide bonds. The lowest BCUT2D eigenvalue weighted by Crippen LogP contribution is -2.42. The highest BCUT2D eigenvalue weighted by Gasteiger charge is 2.37. The normalized spacial score (nSPS) is 15.6. The molecular weight excluding hydrogens is 346 g/mol. The monoisotopic (exact) mass is 373 g/mol. The smallest absolute Gasteiger partial charge is 0.104 e. The molecule has 3 aromatic carbocycles. The summed E-state index contributed by atoms with van der Waals surface area (Å²) >= 11 is 1.94. The molecule has 0 bridgehead atoms. The van der Waals surface area contributed by atoms with E-state index < -0.39 is 0 Å². The van der Waals surface area contributed by atoms with Gasteiger partial charge in [0.15, 0.2) is 0 Å². The first-order valence-electron chi connectivity index (χ1n) is 9.99. The first-order chi connectivity index (χ1) is 13.4. The molecule has 1 nitrogen and oxygen atoms in total. The van der Waals surface area contributed by atoms with Gasteiger partial charge >= 0.3 is 0 Å². The van der Waals surface area contributed by atoms with Crippen LogP contribution in [0.25, 0.3) is 0 Å². The van der Waals surface area contributed by atoms with Gasteiger partial charge < -0.3 is 0 Å². The molecule has 0 unspecified atom stereocenters. The minimum absolute atomic E-state index is 0.355. The fourth-order valence-corrected chi connectivity index (χ4v) is 5.36. The van der Waals surface area contributed by atoms with E-state index in [0.717, 1.165) is 0 Å². The number of rotatable bonds is 6. The van der Waals surface area contributed by atoms with Crippen molar-refractivity contribution in [3.8, 4) is 0 Å². The van der Waals surface area contributed by atoms with E-state index in [9.17, 15) is 0 Å². The van der Waals surface area contributed by atoms with Crippen LogP contribution in [-0.2, 0) is 5.54 Å². The summed E-state index contributed by atoms with van der Waals surface area (Å²) in [7, 11) is 0. The molecule has 0 radical (unpaired) electrons. The average Bonchev–Trinajstić information content (AvgIpc) is 2.77. The van der Waals surface area contributed by atoms with Crippen LogP contribution in [0.2, 0.25) is 0 Å². The standard InChI is InChI=1S/C25H27NS/c1-5-13-21(14-6-1)25(22-15-7-2-8-16-22,23-17-9-3-10-18-23)26-27-24-19-11-4-12-20-24/h1-3,5-10,13-18,24,26H,4,11-12,19-20H2. The molecule has 0 saturated heterocycles. The van der Waals surface area contributed by atoms with Crippen LogP contribution in [0.3, 0.4) is 0 Å². The molecule has 138 valence electrons. The Bertz CT molecular complexity index is 714. The van der Waals surface area contributed by atoms with Gasteiger partial charge in [-0.2, -0.15) is 0 Å². The Morgan fingerprint density at radius 3 is 1.41 bits per heavy atom. The highest BCUT2D eigenvalue weighted by atomic mass is 32.2. The van der Waals surface area contributed by atoms with Gasteiger partial charge in [0, 0.05) is 5.25 Å². The number of benzene rings is 3. The molecule has 1 fully saturated rings. The van der Waals surface area contributed by atoms with Gasteiger partial charge in [-0.1, -0.05) is 122 Å². The Morgan fingerprint density at radius 2 is 1.00 bits per heavy atom. The van der Waals surface area contributed by atoms with E-state index in [1.807, 2.05) is 11.9 Å². The van der Waals surface area contributed by atoms with E-state index in [2.05, 4.69) is 95.7 Å². The number of hydrogen-bond acceptors (Lipinski definition) is 2. The molecule has 4 rings (SSSR count). The van der Waals surface area contributed by atoms with Crippen molar-refractivity contribution < 1.29 is 0 Å². The second-order valence-electron chi connectivity index (χ2n) is 7.33. The average molecular weight is 374 g/mol. The molecular formula is C25H27NS. The largest absolute Gasteiger partial charge is 0.245 e. The third-order valence-electron chi connectivity index (χ3n) is 5.55. The molecule has 1 aliphatic rings. The lowest BCUT2D eigenvalue weighted by atomic mass is 9.78. The SMILES string of the molecule is c1ccc(C(NSC2CCCCC2)(c2ccccc2)c2ccccc2)cc1. The molecule has 27 heavy (non-hydrogen) atoms. The van der Waals surface area contributed by atoms with E-state index in [-0.39, 0.29) is 5.54 Å². The van der Waals surface area contributed by atoms with Crippen LogP contribution >= 0.6 is 11.9 Å². The Labute approximate surface area is 167 Å². The second-order valence-corrected chi connectivity index (χ2v) is 8.43. The van der Waals surface area contributed by atoms with Crippen molar-refractivity contribution in [1.29, 1.82) is 0 Å². The summed E-state index contributed by atoms with van der Waals surface area (Å²) in [4.78, 5) is 0. The summed E-state index contributed by atoms with van der Waals surface area (Å²) in [6, 6.07) is 32.6. The lowest BCUT2D eigenvalue weighted by molar-refractivity contribution is 0.509. The molecule has 0 atom stereocenters. The molecule has 1 N–H and O–H groups in total. The maximum absolute atomic E-state index is 3.97. The minimum Gasteiger partial charge on any atom is -0.245 e. The molecule has 2 heteroatoms. The van der Waals surface area contributed by atoms with Crippen molar-refractivity contribution >= 4 is 11.9 Å². The van der Waals surface area contributed by atoms with Crippen LogP contribution in [-0.4, -0.2) is 5.25 Å². The van der Waals surface area contributed by atoms with Gasteiger partial charge in [-0.25, -0.2) is 4.72 Å². The molecule has 1 aliphatic carbocycles. The first-order valence-corrected chi connectivity index (χ1v) is 10.9. The summed E-state index contributed by atoms with van der Waals surface area (Å²) in [5.41, 5.74) is 3.49. The molecule has 0 heterocycles. The third-order valence-corrected chi connectivity index (χ3v) is 6.78. The predicted octanol–water partition coefficient (Wildman–Crippen LogP) is 6.55. The van der Waals surface area contributed by atoms with Crippen molar-refractivity contribution in [1.82, 2.24) is 4.72 Å². The topological polar surface area (TPSA) is 12.0 Å². The van der Waals surface area contributed by atoms with Crippen molar-refractivity contribution in [2.24, 2.45) is 0 Å². The fourth-order valence-electron chi connectivity index (χ4n) is 4.10. The van der Waals surface area contributed by atoms with Gasteiger partial charge in [-0.15, -0.1) is 0 Å². The van der Waals surface area contributed by atoms with Gasteiger partial charge in [-0.3, -0.25) is 0 Å². The van der Waals surface area contributed by atoms with Crippen LogP contribution in [0.4, 0.5) is 0 Å². The van der Waals surface area contributed by atoms with Crippen LogP contribution in [0.1, 0.15) is 48.8 Å². The quantitative estimate of drug-likeness (QED) is 0.388. The molecule has 3 aromatic rings. The first kappa shape index (κ1) is 18.3. The van der Waals surface area contributed by atoms with Crippen LogP contribution < -0.4 is 4.72 Å². The minimum atomic E-state index is -0.355. The highest BCUT2D eigenvalue weighted by molar-refractivity contribution is 7.98. The maximum atomic E-state index is 3.97. The van der Waals surface area contributed by atoms with E-state index in [0.29, 0.717) is 5.25 Å². The zero-order valence-electron chi connectivity index (χ0n) is 15.7. The summed E-state index contributed by atoms with van der Waals surface area (Å²) in [6.45, 7) is 0. The lowest BCUT2D eigenvalue weighted by Gasteiger charge is -2.38. The Kier molecular flexibility index (Phi) is 5.96. The van der Waals surface area contributed by atoms with E-state index >= 15 is 0 Å². The Hall–Kier alpha value is -2.03. The zero-order chi connectivity index (χ0) is 18.4. The van der Waals surface area contributed by atoms with Crippen LogP contribution in [0, 0.1) is 0 Å². The van der Waals surface area contributed by atoms with Gasteiger partial charge in [0.25, 0.3) is 0 Å². The van der Waals surface area contributed by atoms with Crippen molar-refractivity contribution in [2.45, 2.75) is 42.9 Å². The van der Waals surface area contributed by atoms with E-state index in [4.69, 9.17) is 0 Å². The molecule has 0 aliphatic heterocycles. The van der Waals surface area contributed by atoms with Gasteiger partial charge in [0.1, 0.15) is 5.54 Å². The molecule has 0 spiro atoms. The van der Waals surface area contributed by atoms with E-state index in [1.54, 1.807) is 0 Å². The van der Waals surface area contributed by atoms with Crippen molar-refractivity contribution in [3.05, 3.63) is 108 Å². The highest BCUT2D eigenvalue weighted by Crippen LogP contribution is 2.40. The van der Waals surface area contributed by atoms with Crippen molar-refractivity contribution in [2.75, 3.05) is 0 Å². The summed E-state index contributed by atoms with van der Waals surface area (Å²) in [5.74, 6) is 0. The second kappa shape index (κ2) is 8.77. The van der Waals surface area contributed by atoms with Gasteiger partial charge in [-0.05, 0) is 29.5 Å². The van der Waals surface area contributed by atoms with E-state index in [1.165, 1.54) is 48.8 Å².